The molecule has 1 aromatic carbocycles. The van der Waals surface area contributed by atoms with Crippen LogP contribution in [0, 0.1) is 0 Å². The smallest absolute Gasteiger partial charge is 0.388 e. The zero-order chi connectivity index (χ0) is 16.1. The van der Waals surface area contributed by atoms with Crippen LogP contribution in [0.15, 0.2) is 30.3 Å². The monoisotopic (exact) mass is 318 g/mol. The summed E-state index contributed by atoms with van der Waals surface area (Å²) in [7, 11) is -2.66. The maximum absolute atomic E-state index is 12.3. The molecule has 0 fully saturated rings. The summed E-state index contributed by atoms with van der Waals surface area (Å²) < 4.78 is 42.3. The highest BCUT2D eigenvalue weighted by atomic mass is 28.4. The number of hydrogen-bond acceptors (Lipinski definition) is 2. The number of hydrogen-bond donors (Lipinski definition) is 0. The van der Waals surface area contributed by atoms with Crippen molar-refractivity contribution < 1.29 is 22.4 Å². The van der Waals surface area contributed by atoms with E-state index >= 15 is 0 Å². The molecule has 1 aromatic rings. The maximum Gasteiger partial charge on any atom is 0.388 e. The van der Waals surface area contributed by atoms with E-state index in [-0.39, 0.29) is 6.04 Å². The van der Waals surface area contributed by atoms with Gasteiger partial charge in [-0.1, -0.05) is 37.3 Å². The molecule has 0 aliphatic rings. The number of benzene rings is 1. The van der Waals surface area contributed by atoms with Crippen molar-refractivity contribution in [3.8, 4) is 0 Å². The van der Waals surface area contributed by atoms with Crippen LogP contribution in [-0.2, 0) is 9.22 Å². The molecule has 0 aliphatic heterocycles. The molecular formula is C15H21F3O2Si. The Balaban J connectivity index is 2.69. The molecule has 1 atom stereocenters. The number of alkyl halides is 3. The van der Waals surface area contributed by atoms with Crippen LogP contribution < -0.4 is 0 Å². The molecular weight excluding hydrogens is 297 g/mol. The molecule has 2 nitrogen and oxygen atoms in total. The van der Waals surface area contributed by atoms with Crippen LogP contribution in [0.5, 0.6) is 0 Å². The maximum atomic E-state index is 12.3. The van der Waals surface area contributed by atoms with Crippen molar-refractivity contribution in [1.82, 2.24) is 0 Å². The zero-order valence-electron chi connectivity index (χ0n) is 12.5. The van der Waals surface area contributed by atoms with Crippen molar-refractivity contribution in [2.75, 3.05) is 0 Å². The highest BCUT2D eigenvalue weighted by Gasteiger charge is 2.36. The van der Waals surface area contributed by atoms with E-state index in [4.69, 9.17) is 4.43 Å². The van der Waals surface area contributed by atoms with Gasteiger partial charge in [0.25, 0.3) is 5.97 Å². The molecule has 1 unspecified atom stereocenters. The summed E-state index contributed by atoms with van der Waals surface area (Å²) in [6.07, 6.45) is -4.55. The van der Waals surface area contributed by atoms with E-state index in [0.29, 0.717) is 6.42 Å². The average Bonchev–Trinajstić information content (AvgIpc) is 2.37. The molecule has 0 aliphatic carbocycles. The molecule has 0 radical (unpaired) electrons. The van der Waals surface area contributed by atoms with E-state index in [2.05, 4.69) is 0 Å². The van der Waals surface area contributed by atoms with E-state index in [0.717, 1.165) is 5.56 Å². The van der Waals surface area contributed by atoms with Crippen LogP contribution in [0.4, 0.5) is 13.2 Å². The third-order valence-electron chi connectivity index (χ3n) is 3.28. The second-order valence-corrected chi connectivity index (χ2v) is 9.89. The Morgan fingerprint density at radius 1 is 1.24 bits per heavy atom. The number of carbonyl (C=O) groups is 1. The van der Waals surface area contributed by atoms with Gasteiger partial charge in [0.15, 0.2) is 0 Å². The van der Waals surface area contributed by atoms with Crippen LogP contribution in [0.25, 0.3) is 0 Å². The van der Waals surface area contributed by atoms with Gasteiger partial charge >= 0.3 is 6.18 Å². The van der Waals surface area contributed by atoms with Crippen LogP contribution in [0.2, 0.25) is 19.1 Å². The molecule has 0 amide bonds. The van der Waals surface area contributed by atoms with Gasteiger partial charge in [-0.15, -0.1) is 0 Å². The molecule has 6 heteroatoms. The van der Waals surface area contributed by atoms with Crippen LogP contribution in [-0.4, -0.2) is 20.5 Å². The van der Waals surface area contributed by atoms with Gasteiger partial charge in [0.1, 0.15) is 0 Å². The summed E-state index contributed by atoms with van der Waals surface area (Å²) in [4.78, 5) is 12.2. The summed E-state index contributed by atoms with van der Waals surface area (Å²) in [5.74, 6) is -0.827. The first-order valence-corrected chi connectivity index (χ1v) is 10.1. The van der Waals surface area contributed by atoms with E-state index in [1.54, 1.807) is 13.1 Å². The number of rotatable bonds is 6. The summed E-state index contributed by atoms with van der Waals surface area (Å²) in [5.41, 5.74) is 0.839. The molecule has 0 heterocycles. The summed E-state index contributed by atoms with van der Waals surface area (Å²) >= 11 is 0. The third-order valence-corrected chi connectivity index (χ3v) is 5.49. The topological polar surface area (TPSA) is 26.3 Å². The minimum absolute atomic E-state index is 0.104. The predicted molar refractivity (Wildman–Crippen MR) is 78.5 cm³/mol. The quantitative estimate of drug-likeness (QED) is 0.699. The van der Waals surface area contributed by atoms with Crippen molar-refractivity contribution >= 4 is 14.3 Å². The Kier molecular flexibility index (Phi) is 6.01. The van der Waals surface area contributed by atoms with E-state index < -0.39 is 32.8 Å². The summed E-state index contributed by atoms with van der Waals surface area (Å²) in [5, 5.41) is 0. The zero-order valence-corrected chi connectivity index (χ0v) is 13.5. The molecule has 0 aromatic heterocycles. The molecule has 0 saturated heterocycles. The van der Waals surface area contributed by atoms with Crippen LogP contribution >= 0.6 is 0 Å². The lowest BCUT2D eigenvalue weighted by Crippen LogP contribution is -2.36. The van der Waals surface area contributed by atoms with Gasteiger partial charge in [-0.3, -0.25) is 4.79 Å². The fourth-order valence-electron chi connectivity index (χ4n) is 2.06. The lowest BCUT2D eigenvalue weighted by molar-refractivity contribution is -0.139. The molecule has 1 rings (SSSR count). The molecule has 21 heavy (non-hydrogen) atoms. The first kappa shape index (κ1) is 17.7. The lowest BCUT2D eigenvalue weighted by Gasteiger charge is -2.26. The molecule has 118 valence electrons. The Labute approximate surface area is 124 Å². The lowest BCUT2D eigenvalue weighted by atomic mass is 9.97. The van der Waals surface area contributed by atoms with Crippen molar-refractivity contribution in [3.63, 3.8) is 0 Å². The molecule has 0 N–H and O–H groups in total. The van der Waals surface area contributed by atoms with E-state index in [9.17, 15) is 18.0 Å². The van der Waals surface area contributed by atoms with Gasteiger partial charge in [0.2, 0.25) is 8.32 Å². The second-order valence-electron chi connectivity index (χ2n) is 5.67. The SMILES string of the molecule is CCC(C(=O)O[Si](C)(C)CCC(F)(F)F)c1ccccc1. The van der Waals surface area contributed by atoms with E-state index in [1.807, 2.05) is 37.3 Å². The third kappa shape index (κ3) is 6.33. The second kappa shape index (κ2) is 7.11. The van der Waals surface area contributed by atoms with Crippen LogP contribution in [0.3, 0.4) is 0 Å². The van der Waals surface area contributed by atoms with Gasteiger partial charge in [-0.05, 0) is 31.1 Å². The fourth-order valence-corrected chi connectivity index (χ4v) is 3.74. The highest BCUT2D eigenvalue weighted by molar-refractivity contribution is 6.72. The normalized spacial score (nSPS) is 13.8. The fraction of sp³-hybridized carbons (Fsp3) is 0.533. The Morgan fingerprint density at radius 3 is 2.29 bits per heavy atom. The Bertz CT molecular complexity index is 458. The molecule has 0 saturated carbocycles. The van der Waals surface area contributed by atoms with Gasteiger partial charge in [-0.2, -0.15) is 13.2 Å². The minimum atomic E-state index is -4.21. The molecule has 0 bridgehead atoms. The Hall–Kier alpha value is -1.30. The Morgan fingerprint density at radius 2 is 1.81 bits per heavy atom. The van der Waals surface area contributed by atoms with Crippen molar-refractivity contribution in [2.45, 2.75) is 51.0 Å². The standard InChI is InChI=1S/C15H21F3O2Si/c1-4-13(12-8-6-5-7-9-12)14(19)20-21(2,3)11-10-15(16,17)18/h5-9,13H,4,10-11H2,1-3H3. The first-order chi connectivity index (χ1) is 9.64. The summed E-state index contributed by atoms with van der Waals surface area (Å²) in [6.45, 7) is 5.16. The van der Waals surface area contributed by atoms with Crippen LogP contribution in [0.1, 0.15) is 31.2 Å². The minimum Gasteiger partial charge on any atom is -0.519 e. The largest absolute Gasteiger partial charge is 0.519 e. The molecule has 0 spiro atoms. The highest BCUT2D eigenvalue weighted by Crippen LogP contribution is 2.29. The average molecular weight is 318 g/mol. The number of halogens is 3. The van der Waals surface area contributed by atoms with Gasteiger partial charge < -0.3 is 4.43 Å². The van der Waals surface area contributed by atoms with E-state index in [1.165, 1.54) is 0 Å². The van der Waals surface area contributed by atoms with Crippen molar-refractivity contribution in [1.29, 1.82) is 0 Å². The van der Waals surface area contributed by atoms with Crippen molar-refractivity contribution in [3.05, 3.63) is 35.9 Å². The van der Waals surface area contributed by atoms with Gasteiger partial charge in [0.05, 0.1) is 5.92 Å². The first-order valence-electron chi connectivity index (χ1n) is 6.99. The number of carbonyl (C=O) groups excluding carboxylic acids is 1. The van der Waals surface area contributed by atoms with Gasteiger partial charge in [-0.25, -0.2) is 0 Å². The predicted octanol–water partition coefficient (Wildman–Crippen LogP) is 4.88. The van der Waals surface area contributed by atoms with Gasteiger partial charge in [0, 0.05) is 6.42 Å². The summed E-state index contributed by atoms with van der Waals surface area (Å²) in [6, 6.07) is 9.07. The van der Waals surface area contributed by atoms with Crippen molar-refractivity contribution in [2.24, 2.45) is 0 Å².